The largest absolute Gasteiger partial charge is 0.324 e. The fourth-order valence-corrected chi connectivity index (χ4v) is 2.50. The first-order chi connectivity index (χ1) is 9.41. The zero-order chi connectivity index (χ0) is 14.9. The van der Waals surface area contributed by atoms with E-state index in [9.17, 15) is 17.6 Å². The van der Waals surface area contributed by atoms with E-state index in [2.05, 4.69) is 15.9 Å². The normalized spacial score (nSPS) is 12.5. The van der Waals surface area contributed by atoms with Gasteiger partial charge in [0.25, 0.3) is 0 Å². The van der Waals surface area contributed by atoms with Crippen LogP contribution in [-0.2, 0) is 6.42 Å². The lowest BCUT2D eigenvalue weighted by Crippen LogP contribution is -2.16. The standard InChI is InChI=1S/C14H10BrF4N/c15-12-8(4-5-10(17)14(12)19)11(20)6-7-2-1-3-9(16)13(7)18/h1-5,11H,6,20H2. The van der Waals surface area contributed by atoms with Crippen LogP contribution < -0.4 is 5.73 Å². The van der Waals surface area contributed by atoms with Gasteiger partial charge in [-0.2, -0.15) is 0 Å². The average molecular weight is 348 g/mol. The first-order valence-electron chi connectivity index (χ1n) is 5.73. The quantitative estimate of drug-likeness (QED) is 0.651. The summed E-state index contributed by atoms with van der Waals surface area (Å²) in [5.74, 6) is -4.02. The van der Waals surface area contributed by atoms with Crippen molar-refractivity contribution in [3.63, 3.8) is 0 Å². The van der Waals surface area contributed by atoms with Gasteiger partial charge in [0.1, 0.15) is 0 Å². The van der Waals surface area contributed by atoms with E-state index < -0.39 is 29.3 Å². The highest BCUT2D eigenvalue weighted by Gasteiger charge is 2.18. The average Bonchev–Trinajstić information content (AvgIpc) is 2.41. The number of nitrogens with two attached hydrogens (primary N) is 1. The first-order valence-corrected chi connectivity index (χ1v) is 6.53. The third-order valence-corrected chi connectivity index (χ3v) is 3.74. The molecule has 2 N–H and O–H groups in total. The fraction of sp³-hybridized carbons (Fsp3) is 0.143. The minimum absolute atomic E-state index is 0.0345. The molecule has 0 heterocycles. The first kappa shape index (κ1) is 15.0. The van der Waals surface area contributed by atoms with Gasteiger partial charge in [0.15, 0.2) is 23.3 Å². The summed E-state index contributed by atoms with van der Waals surface area (Å²) in [6, 6.07) is 5.21. The van der Waals surface area contributed by atoms with E-state index in [4.69, 9.17) is 5.73 Å². The van der Waals surface area contributed by atoms with Gasteiger partial charge in [-0.1, -0.05) is 18.2 Å². The third kappa shape index (κ3) is 2.86. The van der Waals surface area contributed by atoms with Crippen molar-refractivity contribution >= 4 is 15.9 Å². The lowest BCUT2D eigenvalue weighted by Gasteiger charge is -2.15. The van der Waals surface area contributed by atoms with Crippen LogP contribution in [-0.4, -0.2) is 0 Å². The van der Waals surface area contributed by atoms with Crippen molar-refractivity contribution in [1.29, 1.82) is 0 Å². The van der Waals surface area contributed by atoms with Gasteiger partial charge in [0.2, 0.25) is 0 Å². The van der Waals surface area contributed by atoms with Crippen molar-refractivity contribution in [3.05, 3.63) is 69.2 Å². The highest BCUT2D eigenvalue weighted by molar-refractivity contribution is 9.10. The Morgan fingerprint density at radius 3 is 2.30 bits per heavy atom. The molecule has 2 aromatic carbocycles. The zero-order valence-electron chi connectivity index (χ0n) is 10.1. The second-order valence-electron chi connectivity index (χ2n) is 4.29. The summed E-state index contributed by atoms with van der Waals surface area (Å²) in [6.07, 6.45) is -0.0345. The Labute approximate surface area is 121 Å². The highest BCUT2D eigenvalue weighted by atomic mass is 79.9. The molecule has 0 saturated carbocycles. The van der Waals surface area contributed by atoms with Gasteiger partial charge in [0, 0.05) is 6.04 Å². The van der Waals surface area contributed by atoms with Crippen molar-refractivity contribution in [2.75, 3.05) is 0 Å². The fourth-order valence-electron chi connectivity index (χ4n) is 1.88. The molecule has 1 atom stereocenters. The molecule has 20 heavy (non-hydrogen) atoms. The summed E-state index contributed by atoms with van der Waals surface area (Å²) < 4.78 is 53.0. The molecule has 1 unspecified atom stereocenters. The lowest BCUT2D eigenvalue weighted by molar-refractivity contribution is 0.490. The molecular formula is C14H10BrF4N. The minimum Gasteiger partial charge on any atom is -0.324 e. The highest BCUT2D eigenvalue weighted by Crippen LogP contribution is 2.29. The summed E-state index contributed by atoms with van der Waals surface area (Å²) >= 11 is 2.92. The molecule has 6 heteroatoms. The molecule has 0 fully saturated rings. The number of hydrogen-bond acceptors (Lipinski definition) is 1. The van der Waals surface area contributed by atoms with E-state index in [1.165, 1.54) is 18.2 Å². The van der Waals surface area contributed by atoms with E-state index >= 15 is 0 Å². The maximum atomic E-state index is 13.5. The molecule has 2 aromatic rings. The zero-order valence-corrected chi connectivity index (χ0v) is 11.7. The topological polar surface area (TPSA) is 26.0 Å². The monoisotopic (exact) mass is 347 g/mol. The number of benzene rings is 2. The molecule has 0 aliphatic carbocycles. The number of rotatable bonds is 3. The minimum atomic E-state index is -1.06. The van der Waals surface area contributed by atoms with Crippen LogP contribution >= 0.6 is 15.9 Å². The van der Waals surface area contributed by atoms with E-state index in [1.807, 2.05) is 0 Å². The van der Waals surface area contributed by atoms with Gasteiger partial charge in [-0.05, 0) is 45.6 Å². The molecule has 0 aliphatic rings. The van der Waals surface area contributed by atoms with E-state index in [-0.39, 0.29) is 22.0 Å². The molecular weight excluding hydrogens is 338 g/mol. The second-order valence-corrected chi connectivity index (χ2v) is 5.08. The molecule has 0 amide bonds. The summed E-state index contributed by atoms with van der Waals surface area (Å²) in [5.41, 5.74) is 6.22. The Bertz CT molecular complexity index is 645. The van der Waals surface area contributed by atoms with Crippen molar-refractivity contribution in [1.82, 2.24) is 0 Å². The molecule has 0 bridgehead atoms. The molecule has 0 aromatic heterocycles. The van der Waals surface area contributed by atoms with Gasteiger partial charge in [-0.25, -0.2) is 17.6 Å². The van der Waals surface area contributed by atoms with Crippen LogP contribution in [0.1, 0.15) is 17.2 Å². The number of hydrogen-bond donors (Lipinski definition) is 1. The van der Waals surface area contributed by atoms with Gasteiger partial charge in [-0.3, -0.25) is 0 Å². The summed E-state index contributed by atoms with van der Waals surface area (Å²) in [4.78, 5) is 0. The van der Waals surface area contributed by atoms with Crippen LogP contribution in [0.4, 0.5) is 17.6 Å². The third-order valence-electron chi connectivity index (χ3n) is 2.94. The molecule has 106 valence electrons. The molecule has 1 nitrogen and oxygen atoms in total. The van der Waals surface area contributed by atoms with Crippen molar-refractivity contribution in [2.24, 2.45) is 5.73 Å². The van der Waals surface area contributed by atoms with Gasteiger partial charge < -0.3 is 5.73 Å². The Kier molecular flexibility index (Phi) is 4.45. The van der Waals surface area contributed by atoms with Crippen LogP contribution in [0.2, 0.25) is 0 Å². The predicted octanol–water partition coefficient (Wildman–Crippen LogP) is 4.25. The predicted molar refractivity (Wildman–Crippen MR) is 71.0 cm³/mol. The molecule has 0 aliphatic heterocycles. The van der Waals surface area contributed by atoms with Crippen LogP contribution in [0.3, 0.4) is 0 Å². The van der Waals surface area contributed by atoms with Gasteiger partial charge >= 0.3 is 0 Å². The summed E-state index contributed by atoms with van der Waals surface area (Å²) in [5, 5.41) is 0. The molecule has 2 rings (SSSR count). The van der Waals surface area contributed by atoms with Gasteiger partial charge in [-0.15, -0.1) is 0 Å². The smallest absolute Gasteiger partial charge is 0.173 e. The maximum Gasteiger partial charge on any atom is 0.173 e. The Hall–Kier alpha value is -1.40. The van der Waals surface area contributed by atoms with Crippen LogP contribution in [0.15, 0.2) is 34.8 Å². The summed E-state index contributed by atoms with van der Waals surface area (Å²) in [6.45, 7) is 0. The maximum absolute atomic E-state index is 13.5. The summed E-state index contributed by atoms with van der Waals surface area (Å²) in [7, 11) is 0. The van der Waals surface area contributed by atoms with E-state index in [0.29, 0.717) is 0 Å². The van der Waals surface area contributed by atoms with Crippen molar-refractivity contribution in [3.8, 4) is 0 Å². The van der Waals surface area contributed by atoms with E-state index in [0.717, 1.165) is 12.1 Å². The second kappa shape index (κ2) is 5.93. The SMILES string of the molecule is NC(Cc1cccc(F)c1F)c1ccc(F)c(F)c1Br. The van der Waals surface area contributed by atoms with Gasteiger partial charge in [0.05, 0.1) is 4.47 Å². The molecule has 0 radical (unpaired) electrons. The lowest BCUT2D eigenvalue weighted by atomic mass is 9.99. The Morgan fingerprint density at radius 1 is 0.950 bits per heavy atom. The Balaban J connectivity index is 2.31. The number of halogens is 5. The van der Waals surface area contributed by atoms with Crippen LogP contribution in [0.25, 0.3) is 0 Å². The van der Waals surface area contributed by atoms with Crippen molar-refractivity contribution < 1.29 is 17.6 Å². The van der Waals surface area contributed by atoms with Crippen LogP contribution in [0, 0.1) is 23.3 Å². The molecule has 0 spiro atoms. The van der Waals surface area contributed by atoms with Crippen molar-refractivity contribution in [2.45, 2.75) is 12.5 Å². The van der Waals surface area contributed by atoms with Crippen LogP contribution in [0.5, 0.6) is 0 Å². The molecule has 0 saturated heterocycles. The van der Waals surface area contributed by atoms with E-state index in [1.54, 1.807) is 0 Å². The Morgan fingerprint density at radius 2 is 1.60 bits per heavy atom.